The van der Waals surface area contributed by atoms with E-state index < -0.39 is 0 Å². The molecule has 0 aliphatic heterocycles. The van der Waals surface area contributed by atoms with Crippen molar-refractivity contribution < 1.29 is 5.11 Å². The molecule has 0 saturated heterocycles. The van der Waals surface area contributed by atoms with Crippen molar-refractivity contribution in [2.45, 2.75) is 51.0 Å². The van der Waals surface area contributed by atoms with Gasteiger partial charge in [0.2, 0.25) is 0 Å². The van der Waals surface area contributed by atoms with Crippen molar-refractivity contribution in [3.8, 4) is 0 Å². The Hall–Kier alpha value is -0.570. The molecule has 1 aliphatic rings. The number of aliphatic hydroxyl groups is 1. The van der Waals surface area contributed by atoms with Crippen LogP contribution in [0.15, 0.2) is 24.3 Å². The van der Waals surface area contributed by atoms with Gasteiger partial charge in [0.25, 0.3) is 0 Å². The smallest absolute Gasteiger partial charge is 0.0674 e. The Bertz CT molecular complexity index is 398. The molecule has 3 N–H and O–H groups in total. The molecular weight excluding hydrogens is 258 g/mol. The first kappa shape index (κ1) is 14.8. The first-order valence-electron chi connectivity index (χ1n) is 7.20. The van der Waals surface area contributed by atoms with E-state index in [-0.39, 0.29) is 17.4 Å². The fourth-order valence-corrected chi connectivity index (χ4v) is 3.42. The Morgan fingerprint density at radius 2 is 1.79 bits per heavy atom. The van der Waals surface area contributed by atoms with Gasteiger partial charge in [0.15, 0.2) is 0 Å². The van der Waals surface area contributed by atoms with E-state index in [0.717, 1.165) is 23.4 Å². The standard InChI is InChI=1S/C16H24ClNO/c1-16(9-3-2-4-10-16)15(19)14(11-18)12-5-7-13(17)8-6-12/h5-8,14-15,19H,2-4,9-11,18H2,1H3. The second-order valence-electron chi connectivity index (χ2n) is 6.05. The molecule has 3 heteroatoms. The minimum Gasteiger partial charge on any atom is -0.392 e. The minimum absolute atomic E-state index is 0.000340. The van der Waals surface area contributed by atoms with Crippen LogP contribution in [0.25, 0.3) is 0 Å². The highest BCUT2D eigenvalue weighted by Crippen LogP contribution is 2.43. The molecule has 0 amide bonds. The van der Waals surface area contributed by atoms with E-state index in [1.807, 2.05) is 24.3 Å². The normalized spacial score (nSPS) is 21.9. The van der Waals surface area contributed by atoms with Gasteiger partial charge < -0.3 is 10.8 Å². The topological polar surface area (TPSA) is 46.2 Å². The number of hydrogen-bond acceptors (Lipinski definition) is 2. The molecule has 1 fully saturated rings. The first-order valence-corrected chi connectivity index (χ1v) is 7.58. The maximum absolute atomic E-state index is 10.8. The van der Waals surface area contributed by atoms with Crippen LogP contribution >= 0.6 is 11.6 Å². The summed E-state index contributed by atoms with van der Waals surface area (Å²) in [5, 5.41) is 11.5. The Balaban J connectivity index is 2.18. The van der Waals surface area contributed by atoms with E-state index in [1.165, 1.54) is 19.3 Å². The summed E-state index contributed by atoms with van der Waals surface area (Å²) in [5.74, 6) is 0.000340. The zero-order valence-electron chi connectivity index (χ0n) is 11.6. The molecule has 2 rings (SSSR count). The lowest BCUT2D eigenvalue weighted by Crippen LogP contribution is -2.41. The summed E-state index contributed by atoms with van der Waals surface area (Å²) in [4.78, 5) is 0. The molecule has 0 heterocycles. The van der Waals surface area contributed by atoms with Crippen molar-refractivity contribution in [1.29, 1.82) is 0 Å². The fraction of sp³-hybridized carbons (Fsp3) is 0.625. The first-order chi connectivity index (χ1) is 9.07. The van der Waals surface area contributed by atoms with Gasteiger partial charge in [-0.25, -0.2) is 0 Å². The SMILES string of the molecule is CC1(C(O)C(CN)c2ccc(Cl)cc2)CCCCC1. The number of halogens is 1. The average Bonchev–Trinajstić information content (AvgIpc) is 2.42. The third-order valence-corrected chi connectivity index (χ3v) is 4.90. The number of hydrogen-bond donors (Lipinski definition) is 2. The van der Waals surface area contributed by atoms with E-state index >= 15 is 0 Å². The highest BCUT2D eigenvalue weighted by atomic mass is 35.5. The van der Waals surface area contributed by atoms with Crippen LogP contribution < -0.4 is 5.73 Å². The predicted molar refractivity (Wildman–Crippen MR) is 80.4 cm³/mol. The van der Waals surface area contributed by atoms with Gasteiger partial charge in [0.05, 0.1) is 6.10 Å². The Morgan fingerprint density at radius 3 is 2.32 bits per heavy atom. The summed E-state index contributed by atoms with van der Waals surface area (Å²) in [7, 11) is 0. The van der Waals surface area contributed by atoms with E-state index in [9.17, 15) is 5.11 Å². The molecule has 2 nitrogen and oxygen atoms in total. The number of rotatable bonds is 4. The Labute approximate surface area is 121 Å². The summed E-state index contributed by atoms with van der Waals surface area (Å²) in [5.41, 5.74) is 7.01. The van der Waals surface area contributed by atoms with Crippen molar-refractivity contribution in [2.75, 3.05) is 6.54 Å². The Morgan fingerprint density at radius 1 is 1.21 bits per heavy atom. The molecule has 1 aromatic carbocycles. The van der Waals surface area contributed by atoms with E-state index in [0.29, 0.717) is 6.54 Å². The van der Waals surface area contributed by atoms with Crippen LogP contribution in [0.5, 0.6) is 0 Å². The largest absolute Gasteiger partial charge is 0.392 e. The maximum Gasteiger partial charge on any atom is 0.0674 e. The third kappa shape index (κ3) is 3.31. The minimum atomic E-state index is -0.376. The molecule has 0 aromatic heterocycles. The van der Waals surface area contributed by atoms with Crippen LogP contribution in [0.2, 0.25) is 5.02 Å². The summed E-state index contributed by atoms with van der Waals surface area (Å²) >= 11 is 5.92. The highest BCUT2D eigenvalue weighted by molar-refractivity contribution is 6.30. The van der Waals surface area contributed by atoms with Gasteiger partial charge >= 0.3 is 0 Å². The lowest BCUT2D eigenvalue weighted by Gasteiger charge is -2.41. The van der Waals surface area contributed by atoms with Gasteiger partial charge in [-0.3, -0.25) is 0 Å². The van der Waals surface area contributed by atoms with Crippen molar-refractivity contribution in [3.63, 3.8) is 0 Å². The van der Waals surface area contributed by atoms with Gasteiger partial charge in [-0.1, -0.05) is 49.9 Å². The molecule has 0 bridgehead atoms. The molecule has 1 saturated carbocycles. The van der Waals surface area contributed by atoms with Crippen molar-refractivity contribution >= 4 is 11.6 Å². The molecule has 2 unspecified atom stereocenters. The van der Waals surface area contributed by atoms with Crippen LogP contribution in [0, 0.1) is 5.41 Å². The number of benzene rings is 1. The highest BCUT2D eigenvalue weighted by Gasteiger charge is 2.38. The Kier molecular flexibility index (Phi) is 4.88. The van der Waals surface area contributed by atoms with E-state index in [4.69, 9.17) is 17.3 Å². The molecule has 19 heavy (non-hydrogen) atoms. The molecule has 1 aromatic rings. The van der Waals surface area contributed by atoms with Crippen LogP contribution in [-0.2, 0) is 0 Å². The fourth-order valence-electron chi connectivity index (χ4n) is 3.30. The zero-order valence-corrected chi connectivity index (χ0v) is 12.4. The molecule has 1 aliphatic carbocycles. The van der Waals surface area contributed by atoms with Crippen LogP contribution in [0.3, 0.4) is 0 Å². The van der Waals surface area contributed by atoms with Crippen LogP contribution in [0.1, 0.15) is 50.5 Å². The molecule has 0 radical (unpaired) electrons. The van der Waals surface area contributed by atoms with Crippen molar-refractivity contribution in [1.82, 2.24) is 0 Å². The van der Waals surface area contributed by atoms with E-state index in [2.05, 4.69) is 6.92 Å². The van der Waals surface area contributed by atoms with Gasteiger partial charge in [-0.2, -0.15) is 0 Å². The van der Waals surface area contributed by atoms with Crippen molar-refractivity contribution in [2.24, 2.45) is 11.1 Å². The van der Waals surface area contributed by atoms with Crippen molar-refractivity contribution in [3.05, 3.63) is 34.9 Å². The lowest BCUT2D eigenvalue weighted by atomic mass is 9.67. The predicted octanol–water partition coefficient (Wildman–Crippen LogP) is 3.71. The monoisotopic (exact) mass is 281 g/mol. The zero-order chi connectivity index (χ0) is 13.9. The number of nitrogens with two attached hydrogens (primary N) is 1. The van der Waals surface area contributed by atoms with E-state index in [1.54, 1.807) is 0 Å². The summed E-state index contributed by atoms with van der Waals surface area (Å²) in [6, 6.07) is 7.70. The molecular formula is C16H24ClNO. The lowest BCUT2D eigenvalue weighted by molar-refractivity contribution is -0.00749. The summed E-state index contributed by atoms with van der Waals surface area (Å²) < 4.78 is 0. The molecule has 0 spiro atoms. The van der Waals surface area contributed by atoms with Gasteiger partial charge in [0, 0.05) is 17.5 Å². The maximum atomic E-state index is 10.8. The third-order valence-electron chi connectivity index (χ3n) is 4.64. The average molecular weight is 282 g/mol. The number of aliphatic hydroxyl groups excluding tert-OH is 1. The van der Waals surface area contributed by atoms with Crippen LogP contribution in [0.4, 0.5) is 0 Å². The molecule has 106 valence electrons. The summed E-state index contributed by atoms with van der Waals surface area (Å²) in [6.45, 7) is 2.67. The summed E-state index contributed by atoms with van der Waals surface area (Å²) in [6.07, 6.45) is 5.53. The van der Waals surface area contributed by atoms with Gasteiger partial charge in [-0.15, -0.1) is 0 Å². The molecule has 2 atom stereocenters. The van der Waals surface area contributed by atoms with Crippen LogP contribution in [-0.4, -0.2) is 17.8 Å². The van der Waals surface area contributed by atoms with Gasteiger partial charge in [0.1, 0.15) is 0 Å². The second kappa shape index (κ2) is 6.25. The van der Waals surface area contributed by atoms with Gasteiger partial charge in [-0.05, 0) is 36.0 Å². The second-order valence-corrected chi connectivity index (χ2v) is 6.49. The quantitative estimate of drug-likeness (QED) is 0.884.